The number of nitrogens with one attached hydrogen (secondary N) is 2. The molecule has 10 heteroatoms. The molecule has 8 nitrogen and oxygen atoms in total. The molecule has 1 fully saturated rings. The monoisotopic (exact) mass is 506 g/mol. The molecule has 6 rings (SSSR count). The Balaban J connectivity index is 1.27. The molecule has 5 aromatic rings. The molecular formula is C25H23ClN6O2S. The van der Waals surface area contributed by atoms with E-state index in [4.69, 9.17) is 26.1 Å². The van der Waals surface area contributed by atoms with Gasteiger partial charge in [0.2, 0.25) is 0 Å². The molecule has 0 bridgehead atoms. The zero-order valence-electron chi connectivity index (χ0n) is 18.8. The Labute approximate surface area is 210 Å². The van der Waals surface area contributed by atoms with Gasteiger partial charge in [0.1, 0.15) is 24.5 Å². The van der Waals surface area contributed by atoms with Crippen LogP contribution in [0.15, 0.2) is 53.5 Å². The number of pyridine rings is 1. The van der Waals surface area contributed by atoms with Crippen molar-refractivity contribution in [3.05, 3.63) is 58.5 Å². The Hall–Kier alpha value is -3.24. The first-order valence-corrected chi connectivity index (χ1v) is 12.7. The van der Waals surface area contributed by atoms with Gasteiger partial charge in [-0.1, -0.05) is 23.7 Å². The molecule has 0 saturated carbocycles. The van der Waals surface area contributed by atoms with Crippen LogP contribution in [0.5, 0.6) is 5.75 Å². The van der Waals surface area contributed by atoms with Crippen molar-refractivity contribution in [3.8, 4) is 17.1 Å². The quantitative estimate of drug-likeness (QED) is 0.308. The number of anilines is 2. The number of thiophene rings is 1. The van der Waals surface area contributed by atoms with Crippen LogP contribution in [0.25, 0.3) is 33.1 Å². The van der Waals surface area contributed by atoms with Crippen molar-refractivity contribution in [2.75, 3.05) is 44.8 Å². The zero-order chi connectivity index (χ0) is 23.6. The SMILES string of the molecule is Clc1cc(OCCN2CCOCC2)ccc1Nc1nc2c(-c3nnc[nH]3)cccc2c2cscc12. The first-order chi connectivity index (χ1) is 17.3. The van der Waals surface area contributed by atoms with Crippen LogP contribution in [-0.2, 0) is 4.74 Å². The summed E-state index contributed by atoms with van der Waals surface area (Å²) in [4.78, 5) is 10.4. The predicted molar refractivity (Wildman–Crippen MR) is 140 cm³/mol. The van der Waals surface area contributed by atoms with E-state index in [0.717, 1.165) is 77.3 Å². The molecule has 2 aromatic carbocycles. The molecule has 0 unspecified atom stereocenters. The first-order valence-electron chi connectivity index (χ1n) is 11.4. The molecule has 1 aliphatic heterocycles. The summed E-state index contributed by atoms with van der Waals surface area (Å²) >= 11 is 8.29. The summed E-state index contributed by atoms with van der Waals surface area (Å²) < 4.78 is 11.3. The molecule has 4 heterocycles. The van der Waals surface area contributed by atoms with Gasteiger partial charge in [-0.25, -0.2) is 4.98 Å². The minimum Gasteiger partial charge on any atom is -0.492 e. The second kappa shape index (κ2) is 9.79. The normalized spacial score (nSPS) is 14.5. The third-order valence-electron chi connectivity index (χ3n) is 6.11. The number of aromatic amines is 1. The van der Waals surface area contributed by atoms with Gasteiger partial charge in [-0.05, 0) is 23.6 Å². The number of H-pyrrole nitrogens is 1. The van der Waals surface area contributed by atoms with E-state index >= 15 is 0 Å². The third-order valence-corrected chi connectivity index (χ3v) is 7.17. The highest BCUT2D eigenvalue weighted by Gasteiger charge is 2.16. The summed E-state index contributed by atoms with van der Waals surface area (Å²) in [6.45, 7) is 4.93. The van der Waals surface area contributed by atoms with Crippen LogP contribution in [0.2, 0.25) is 5.02 Å². The number of halogens is 1. The van der Waals surface area contributed by atoms with Crippen molar-refractivity contribution in [2.24, 2.45) is 0 Å². The van der Waals surface area contributed by atoms with Gasteiger partial charge in [-0.3, -0.25) is 4.90 Å². The summed E-state index contributed by atoms with van der Waals surface area (Å²) in [7, 11) is 0. The lowest BCUT2D eigenvalue weighted by Crippen LogP contribution is -2.38. The van der Waals surface area contributed by atoms with Crippen molar-refractivity contribution in [2.45, 2.75) is 0 Å². The molecule has 1 saturated heterocycles. The average molecular weight is 507 g/mol. The standard InChI is InChI=1S/C25H23ClN6O2S/c26-21-12-16(34-11-8-32-6-9-33-10-7-32)4-5-22(21)29-25-20-14-35-13-19(20)17-2-1-3-18(23(17)30-25)24-27-15-28-31-24/h1-5,12-15H,6-11H2,(H,29,30)(H,27,28,31). The van der Waals surface area contributed by atoms with E-state index in [2.05, 4.69) is 42.2 Å². The van der Waals surface area contributed by atoms with Gasteiger partial charge < -0.3 is 19.8 Å². The Kier molecular flexibility index (Phi) is 6.22. The first kappa shape index (κ1) is 22.2. The number of nitrogens with zero attached hydrogens (tertiary/aromatic N) is 4. The Morgan fingerprint density at radius 1 is 1.11 bits per heavy atom. The van der Waals surface area contributed by atoms with Gasteiger partial charge in [-0.2, -0.15) is 11.3 Å². The van der Waals surface area contributed by atoms with Gasteiger partial charge in [-0.15, -0.1) is 10.2 Å². The summed E-state index contributed by atoms with van der Waals surface area (Å²) in [6.07, 6.45) is 1.57. The van der Waals surface area contributed by atoms with Crippen LogP contribution < -0.4 is 10.1 Å². The Bertz CT molecular complexity index is 1470. The number of ether oxygens (including phenoxy) is 2. The number of rotatable bonds is 7. The lowest BCUT2D eigenvalue weighted by atomic mass is 10.1. The van der Waals surface area contributed by atoms with Crippen LogP contribution in [-0.4, -0.2) is 64.5 Å². The minimum atomic E-state index is 0.572. The molecule has 35 heavy (non-hydrogen) atoms. The number of morpholine rings is 1. The minimum absolute atomic E-state index is 0.572. The van der Waals surface area contributed by atoms with E-state index in [1.165, 1.54) is 0 Å². The van der Waals surface area contributed by atoms with Gasteiger partial charge >= 0.3 is 0 Å². The molecule has 0 spiro atoms. The van der Waals surface area contributed by atoms with Gasteiger partial charge in [0.05, 0.1) is 29.4 Å². The van der Waals surface area contributed by atoms with Crippen LogP contribution >= 0.6 is 22.9 Å². The van der Waals surface area contributed by atoms with Gasteiger partial charge in [0.25, 0.3) is 0 Å². The van der Waals surface area contributed by atoms with Crippen LogP contribution in [0.4, 0.5) is 11.5 Å². The number of hydrogen-bond donors (Lipinski definition) is 2. The molecule has 2 N–H and O–H groups in total. The Morgan fingerprint density at radius 2 is 2.00 bits per heavy atom. The molecule has 0 aliphatic carbocycles. The third kappa shape index (κ3) is 4.55. The second-order valence-electron chi connectivity index (χ2n) is 8.27. The maximum atomic E-state index is 6.64. The van der Waals surface area contributed by atoms with Crippen molar-refractivity contribution >= 4 is 56.1 Å². The lowest BCUT2D eigenvalue weighted by molar-refractivity contribution is 0.0322. The second-order valence-corrected chi connectivity index (χ2v) is 9.42. The maximum Gasteiger partial charge on any atom is 0.163 e. The van der Waals surface area contributed by atoms with E-state index in [-0.39, 0.29) is 0 Å². The van der Waals surface area contributed by atoms with Crippen molar-refractivity contribution in [3.63, 3.8) is 0 Å². The van der Waals surface area contributed by atoms with Crippen molar-refractivity contribution in [1.29, 1.82) is 0 Å². The number of para-hydroxylation sites is 1. The summed E-state index contributed by atoms with van der Waals surface area (Å²) in [6, 6.07) is 11.8. The molecule has 178 valence electrons. The maximum absolute atomic E-state index is 6.64. The Morgan fingerprint density at radius 3 is 2.83 bits per heavy atom. The zero-order valence-corrected chi connectivity index (χ0v) is 20.4. The van der Waals surface area contributed by atoms with Crippen LogP contribution in [0.3, 0.4) is 0 Å². The van der Waals surface area contributed by atoms with Crippen LogP contribution in [0.1, 0.15) is 0 Å². The average Bonchev–Trinajstić information content (AvgIpc) is 3.59. The van der Waals surface area contributed by atoms with Gasteiger partial charge in [0, 0.05) is 52.8 Å². The van der Waals surface area contributed by atoms with E-state index in [0.29, 0.717) is 17.5 Å². The fraction of sp³-hybridized carbons (Fsp3) is 0.240. The fourth-order valence-corrected chi connectivity index (χ4v) is 5.35. The number of aromatic nitrogens is 4. The molecule has 0 atom stereocenters. The summed E-state index contributed by atoms with van der Waals surface area (Å²) in [5.74, 6) is 2.16. The molecule has 3 aromatic heterocycles. The highest BCUT2D eigenvalue weighted by atomic mass is 35.5. The lowest BCUT2D eigenvalue weighted by Gasteiger charge is -2.26. The molecule has 1 aliphatic rings. The van der Waals surface area contributed by atoms with E-state index in [1.807, 2.05) is 30.3 Å². The molecule has 0 amide bonds. The number of fused-ring (bicyclic) bond motifs is 3. The molecular weight excluding hydrogens is 484 g/mol. The van der Waals surface area contributed by atoms with Crippen LogP contribution in [0, 0.1) is 0 Å². The predicted octanol–water partition coefficient (Wildman–Crippen LogP) is 5.34. The summed E-state index contributed by atoms with van der Waals surface area (Å²) in [5.41, 5.74) is 2.51. The number of hydrogen-bond acceptors (Lipinski definition) is 8. The smallest absolute Gasteiger partial charge is 0.163 e. The van der Waals surface area contributed by atoms with Crippen molar-refractivity contribution in [1.82, 2.24) is 25.1 Å². The largest absolute Gasteiger partial charge is 0.492 e. The van der Waals surface area contributed by atoms with E-state index < -0.39 is 0 Å². The van der Waals surface area contributed by atoms with E-state index in [9.17, 15) is 0 Å². The fourth-order valence-electron chi connectivity index (χ4n) is 4.30. The number of benzene rings is 2. The topological polar surface area (TPSA) is 88.2 Å². The highest BCUT2D eigenvalue weighted by Crippen LogP contribution is 2.38. The van der Waals surface area contributed by atoms with Gasteiger partial charge in [0.15, 0.2) is 5.82 Å². The summed E-state index contributed by atoms with van der Waals surface area (Å²) in [5, 5.41) is 19.6. The molecule has 0 radical (unpaired) electrons. The highest BCUT2D eigenvalue weighted by molar-refractivity contribution is 7.09. The van der Waals surface area contributed by atoms with E-state index in [1.54, 1.807) is 17.7 Å². The van der Waals surface area contributed by atoms with Crippen molar-refractivity contribution < 1.29 is 9.47 Å².